The van der Waals surface area contributed by atoms with Crippen molar-refractivity contribution in [3.63, 3.8) is 0 Å². The lowest BCUT2D eigenvalue weighted by Crippen LogP contribution is -2.71. The molecule has 0 radical (unpaired) electrons. The molecule has 254 valence electrons. The van der Waals surface area contributed by atoms with Gasteiger partial charge in [-0.05, 0) is 66.1 Å². The number of unbranched alkanes of at least 4 members (excludes halogenated alkanes) is 2. The lowest BCUT2D eigenvalue weighted by molar-refractivity contribution is -0.777. The Kier molecular flexibility index (Phi) is 13.9. The summed E-state index contributed by atoms with van der Waals surface area (Å²) in [5.74, 6) is 0.844. The van der Waals surface area contributed by atoms with Crippen LogP contribution in [0.3, 0.4) is 0 Å². The highest BCUT2D eigenvalue weighted by Gasteiger charge is 2.19. The maximum absolute atomic E-state index is 13.3. The van der Waals surface area contributed by atoms with Gasteiger partial charge in [0, 0.05) is 40.9 Å². The normalized spacial score (nSPS) is 11.6. The monoisotopic (exact) mass is 676 g/mol. The Balaban J connectivity index is 1.16. The van der Waals surface area contributed by atoms with E-state index in [4.69, 9.17) is 4.74 Å². The molecular formula is C36H41FN4O6S. The summed E-state index contributed by atoms with van der Waals surface area (Å²) in [5.41, 5.74) is 5.06. The highest BCUT2D eigenvalue weighted by atomic mass is 32.2. The molecule has 0 bridgehead atoms. The number of carbonyl (C=O) groups is 1. The molecule has 4 aromatic rings. The summed E-state index contributed by atoms with van der Waals surface area (Å²) in [4.78, 5) is 17.8. The van der Waals surface area contributed by atoms with E-state index < -0.39 is 0 Å². The number of aryl methyl sites for hydroxylation is 1. The smallest absolute Gasteiger partial charge is 0.252 e. The maximum Gasteiger partial charge on any atom is 0.252 e. The number of phenolic OH excluding ortho intramolecular Hbond substituents is 1. The highest BCUT2D eigenvalue weighted by molar-refractivity contribution is 7.94. The fraction of sp³-hybridized carbons (Fsp3) is 0.306. The van der Waals surface area contributed by atoms with Crippen molar-refractivity contribution in [2.45, 2.75) is 57.8 Å². The van der Waals surface area contributed by atoms with Gasteiger partial charge < -0.3 is 20.4 Å². The summed E-state index contributed by atoms with van der Waals surface area (Å²) in [5, 5.41) is 31.4. The van der Waals surface area contributed by atoms with Gasteiger partial charge in [-0.2, -0.15) is 9.76 Å². The van der Waals surface area contributed by atoms with Crippen molar-refractivity contribution in [2.75, 3.05) is 13.2 Å². The van der Waals surface area contributed by atoms with E-state index in [1.54, 1.807) is 54.1 Å². The van der Waals surface area contributed by atoms with Gasteiger partial charge in [0.25, 0.3) is 11.7 Å². The number of aromatic hydroxyl groups is 1. The standard InChI is InChI=1S/C36H41FN4O6S/c1-4-25-20-30(26-12-15-29(37)16-13-26)31(42)21-32(25)45-19-9-5-8-18-36(2,3)24-39-35(43)28-14-17-34(38-22-28)41-40-23-27-10-6-7-11-33(27)48-47-46-44/h6-7,10-17,20-23,42,44H,4-5,8-9,18-19,24H2,1-3H3,(H,38,41)(H,39,43)/b40-23+. The number of quaternary nitrogens is 1. The van der Waals surface area contributed by atoms with Gasteiger partial charge in [0.15, 0.2) is 0 Å². The Hall–Kier alpha value is -4.33. The van der Waals surface area contributed by atoms with Crippen molar-refractivity contribution in [1.29, 1.82) is 0 Å². The second-order valence-corrected chi connectivity index (χ2v) is 12.7. The first-order chi connectivity index (χ1) is 23.2. The molecule has 0 saturated heterocycles. The molecule has 0 spiro atoms. The number of hydrogen-bond acceptors (Lipinski definition) is 9. The fourth-order valence-electron chi connectivity index (χ4n) is 4.98. The summed E-state index contributed by atoms with van der Waals surface area (Å²) in [6.45, 7) is 7.36. The molecule has 0 fully saturated rings. The Labute approximate surface area is 284 Å². The number of nitrogens with two attached hydrogens (primary N) is 1. The Morgan fingerprint density at radius 3 is 2.62 bits per heavy atom. The third-order valence-electron chi connectivity index (χ3n) is 7.74. The van der Waals surface area contributed by atoms with E-state index in [0.717, 1.165) is 60.8 Å². The van der Waals surface area contributed by atoms with Crippen LogP contribution in [0.2, 0.25) is 0 Å². The summed E-state index contributed by atoms with van der Waals surface area (Å²) in [6, 6.07) is 20.3. The van der Waals surface area contributed by atoms with Crippen LogP contribution >= 0.6 is 12.0 Å². The van der Waals surface area contributed by atoms with Gasteiger partial charge >= 0.3 is 0 Å². The van der Waals surface area contributed by atoms with Gasteiger partial charge in [-0.25, -0.2) is 9.37 Å². The first kappa shape index (κ1) is 36.5. The van der Waals surface area contributed by atoms with E-state index in [1.807, 2.05) is 25.1 Å². The number of amides is 1. The van der Waals surface area contributed by atoms with Crippen LogP contribution in [-0.4, -0.2) is 35.4 Å². The van der Waals surface area contributed by atoms with Crippen LogP contribution in [-0.2, 0) is 15.8 Å². The molecule has 48 heavy (non-hydrogen) atoms. The average Bonchev–Trinajstić information content (AvgIpc) is 3.09. The number of hydrogen-bond donors (Lipinski definition) is 3. The lowest BCUT2D eigenvalue weighted by Gasteiger charge is -2.25. The largest absolute Gasteiger partial charge is 0.691 e. The molecule has 0 saturated carbocycles. The van der Waals surface area contributed by atoms with Crippen molar-refractivity contribution in [3.05, 3.63) is 102 Å². The molecule has 4 N–H and O–H groups in total. The van der Waals surface area contributed by atoms with Crippen molar-refractivity contribution >= 4 is 30.0 Å². The Bertz CT molecular complexity index is 1650. The van der Waals surface area contributed by atoms with Crippen LogP contribution in [0.15, 0.2) is 89.0 Å². The molecular weight excluding hydrogens is 635 g/mol. The SMILES string of the molecule is CCc1cc(-c2ccc(F)cc2)c(O)cc1OCCCCCC(C)(C)CNC(=O)c1ccc([NH2+]/N=C/c2ccccc2SOO[O-])nc1. The first-order valence-corrected chi connectivity index (χ1v) is 16.5. The lowest BCUT2D eigenvalue weighted by atomic mass is 9.87. The van der Waals surface area contributed by atoms with Gasteiger partial charge in [0.05, 0.1) is 30.4 Å². The molecule has 0 aliphatic heterocycles. The summed E-state index contributed by atoms with van der Waals surface area (Å²) in [7, 11) is 0. The van der Waals surface area contributed by atoms with Crippen molar-refractivity contribution in [1.82, 2.24) is 10.3 Å². The number of carbonyl (C=O) groups excluding carboxylic acids is 1. The third kappa shape index (κ3) is 11.1. The quantitative estimate of drug-likeness (QED) is 0.0291. The maximum atomic E-state index is 13.3. The van der Waals surface area contributed by atoms with Crippen LogP contribution in [0.5, 0.6) is 11.5 Å². The number of nitrogens with zero attached hydrogens (tertiary/aromatic N) is 2. The van der Waals surface area contributed by atoms with Gasteiger partial charge in [0.1, 0.15) is 17.3 Å². The van der Waals surface area contributed by atoms with E-state index in [2.05, 4.69) is 38.6 Å². The number of pyridine rings is 1. The van der Waals surface area contributed by atoms with Gasteiger partial charge in [-0.3, -0.25) is 9.83 Å². The molecule has 1 heterocycles. The second kappa shape index (κ2) is 18.3. The molecule has 0 aliphatic carbocycles. The molecule has 3 aromatic carbocycles. The van der Waals surface area contributed by atoms with Crippen molar-refractivity contribution < 1.29 is 39.1 Å². The molecule has 4 rings (SSSR count). The minimum Gasteiger partial charge on any atom is -0.691 e. The predicted molar refractivity (Wildman–Crippen MR) is 181 cm³/mol. The number of phenols is 1. The fourth-order valence-corrected chi connectivity index (χ4v) is 5.44. The summed E-state index contributed by atoms with van der Waals surface area (Å²) >= 11 is 0.793. The molecule has 0 aliphatic rings. The van der Waals surface area contributed by atoms with Crippen molar-refractivity contribution in [3.8, 4) is 22.6 Å². The Morgan fingerprint density at radius 1 is 1.10 bits per heavy atom. The van der Waals surface area contributed by atoms with E-state index in [1.165, 1.54) is 18.3 Å². The summed E-state index contributed by atoms with van der Waals surface area (Å²) in [6.07, 6.45) is 7.62. The van der Waals surface area contributed by atoms with Crippen LogP contribution in [0.4, 0.5) is 10.2 Å². The molecule has 0 unspecified atom stereocenters. The summed E-state index contributed by atoms with van der Waals surface area (Å²) < 4.78 is 23.8. The number of halogens is 1. The molecule has 10 nitrogen and oxygen atoms in total. The second-order valence-electron chi connectivity index (χ2n) is 12.0. The predicted octanol–water partition coefficient (Wildman–Crippen LogP) is 6.01. The van der Waals surface area contributed by atoms with E-state index in [9.17, 15) is 19.5 Å². The molecule has 0 atom stereocenters. The van der Waals surface area contributed by atoms with Crippen LogP contribution in [0.1, 0.15) is 67.9 Å². The van der Waals surface area contributed by atoms with E-state index >= 15 is 0 Å². The third-order valence-corrected chi connectivity index (χ3v) is 8.41. The first-order valence-electron chi connectivity index (χ1n) is 15.8. The number of ether oxygens (including phenoxy) is 1. The van der Waals surface area contributed by atoms with Gasteiger partial charge in [0.2, 0.25) is 0 Å². The number of nitrogens with one attached hydrogen (secondary N) is 1. The van der Waals surface area contributed by atoms with Crippen LogP contribution < -0.4 is 20.7 Å². The van der Waals surface area contributed by atoms with Crippen molar-refractivity contribution in [2.24, 2.45) is 10.5 Å². The molecule has 1 aromatic heterocycles. The zero-order chi connectivity index (χ0) is 34.4. The van der Waals surface area contributed by atoms with Gasteiger partial charge in [-0.15, -0.1) is 0 Å². The number of aromatic nitrogens is 1. The minimum atomic E-state index is -0.318. The van der Waals surface area contributed by atoms with E-state index in [-0.39, 0.29) is 22.9 Å². The minimum absolute atomic E-state index is 0.0941. The number of rotatable bonds is 18. The average molecular weight is 677 g/mol. The highest BCUT2D eigenvalue weighted by Crippen LogP contribution is 2.36. The zero-order valence-electron chi connectivity index (χ0n) is 27.3. The Morgan fingerprint density at radius 2 is 1.90 bits per heavy atom. The topological polar surface area (TPSA) is 142 Å². The number of benzene rings is 3. The van der Waals surface area contributed by atoms with Crippen LogP contribution in [0.25, 0.3) is 11.1 Å². The van der Waals surface area contributed by atoms with Crippen LogP contribution in [0, 0.1) is 11.2 Å². The van der Waals surface area contributed by atoms with Gasteiger partial charge in [-0.1, -0.05) is 69.0 Å². The molecule has 12 heteroatoms. The van der Waals surface area contributed by atoms with E-state index in [0.29, 0.717) is 40.7 Å². The molecule has 1 amide bonds. The zero-order valence-corrected chi connectivity index (χ0v) is 28.1.